The summed E-state index contributed by atoms with van der Waals surface area (Å²) in [6, 6.07) is 19.4. The Balaban J connectivity index is 1.23. The van der Waals surface area contributed by atoms with Crippen LogP contribution >= 0.6 is 23.2 Å². The van der Waals surface area contributed by atoms with Gasteiger partial charge in [0, 0.05) is 52.4 Å². The highest BCUT2D eigenvalue weighted by molar-refractivity contribution is 6.36. The predicted octanol–water partition coefficient (Wildman–Crippen LogP) is 5.75. The molecule has 60 heavy (non-hydrogen) atoms. The van der Waals surface area contributed by atoms with Crippen molar-refractivity contribution in [2.24, 2.45) is 5.73 Å². The van der Waals surface area contributed by atoms with Crippen molar-refractivity contribution in [3.05, 3.63) is 135 Å². The highest BCUT2D eigenvalue weighted by atomic mass is 35.5. The Morgan fingerprint density at radius 2 is 1.55 bits per heavy atom. The van der Waals surface area contributed by atoms with Gasteiger partial charge in [-0.25, -0.2) is 13.6 Å². The van der Waals surface area contributed by atoms with Crippen molar-refractivity contribution in [3.8, 4) is 0 Å². The fourth-order valence-electron chi connectivity index (χ4n) is 7.02. The van der Waals surface area contributed by atoms with Crippen LogP contribution in [0.4, 0.5) is 19.3 Å². The molecule has 1 saturated heterocycles. The summed E-state index contributed by atoms with van der Waals surface area (Å²) in [5.41, 5.74) is 9.63. The number of amides is 4. The van der Waals surface area contributed by atoms with Crippen molar-refractivity contribution in [1.29, 1.82) is 0 Å². The Labute approximate surface area is 355 Å². The largest absolute Gasteiger partial charge is 0.480 e. The number of benzene rings is 4. The van der Waals surface area contributed by atoms with E-state index in [1.807, 2.05) is 16.7 Å². The number of nitrogens with zero attached hydrogens (tertiary/aromatic N) is 2. The van der Waals surface area contributed by atoms with Crippen molar-refractivity contribution in [1.82, 2.24) is 30.7 Å². The number of carbonyl (C=O) groups excluding carboxylic acids is 3. The zero-order chi connectivity index (χ0) is 42.8. The number of carbonyl (C=O) groups is 4. The lowest BCUT2D eigenvalue weighted by atomic mass is 10.0. The standard InChI is InChI=1S/C43H46Cl2F2N8O5/c44-32-9-6-10-33(45)31(32)25-55-24-28(23-54-17-4-5-18-54)30-13-12-29(21-38(30)55)51-43(60)52-37(20-27-11-14-34(46)35(47)19-27)40(56)53-39(49-16-15-36(48)42(58)59)41(57)50-22-26-7-2-1-3-8-26/h1-3,6-14,19,21,24,36-37,39,49H,4-5,15-18,20,22-23,25,48H2,(H,50,57)(H,53,56)(H,58,59)(H2,51,52,60)/t36?,37-,39+/m0/s1. The van der Waals surface area contributed by atoms with Crippen LogP contribution in [0.15, 0.2) is 91.1 Å². The van der Waals surface area contributed by atoms with Gasteiger partial charge in [0.1, 0.15) is 12.1 Å². The number of carboxylic acid groups (broad SMARTS) is 1. The third-order valence-electron chi connectivity index (χ3n) is 10.2. The number of nitrogens with one attached hydrogen (secondary N) is 5. The third kappa shape index (κ3) is 11.8. The van der Waals surface area contributed by atoms with Crippen LogP contribution in [0.5, 0.6) is 0 Å². The van der Waals surface area contributed by atoms with E-state index in [4.69, 9.17) is 28.9 Å². The van der Waals surface area contributed by atoms with E-state index in [9.17, 15) is 33.1 Å². The average molecular weight is 864 g/mol. The number of nitrogens with two attached hydrogens (primary N) is 1. The zero-order valence-corrected chi connectivity index (χ0v) is 34.0. The molecule has 0 spiro atoms. The highest BCUT2D eigenvalue weighted by Gasteiger charge is 2.28. The lowest BCUT2D eigenvalue weighted by Gasteiger charge is -2.24. The summed E-state index contributed by atoms with van der Waals surface area (Å²) in [7, 11) is 0. The average Bonchev–Trinajstić information content (AvgIpc) is 3.86. The topological polar surface area (TPSA) is 183 Å². The van der Waals surface area contributed by atoms with E-state index < -0.39 is 53.7 Å². The summed E-state index contributed by atoms with van der Waals surface area (Å²) in [4.78, 5) is 54.8. The molecule has 2 heterocycles. The summed E-state index contributed by atoms with van der Waals surface area (Å²) >= 11 is 13.1. The van der Waals surface area contributed by atoms with Gasteiger partial charge in [0.05, 0.1) is 12.1 Å². The minimum absolute atomic E-state index is 0.0778. The molecule has 0 saturated carbocycles. The number of fused-ring (bicyclic) bond motifs is 1. The molecule has 0 aliphatic carbocycles. The van der Waals surface area contributed by atoms with E-state index in [1.165, 1.54) is 6.07 Å². The molecule has 0 bridgehead atoms. The van der Waals surface area contributed by atoms with Gasteiger partial charge in [0.2, 0.25) is 5.91 Å². The molecule has 13 nitrogen and oxygen atoms in total. The maximum Gasteiger partial charge on any atom is 0.320 e. The van der Waals surface area contributed by atoms with Gasteiger partial charge in [0.15, 0.2) is 17.8 Å². The molecular weight excluding hydrogens is 817 g/mol. The monoisotopic (exact) mass is 862 g/mol. The van der Waals surface area contributed by atoms with Gasteiger partial charge in [-0.15, -0.1) is 0 Å². The molecule has 1 aliphatic heterocycles. The number of halogens is 4. The molecule has 1 aromatic heterocycles. The fourth-order valence-corrected chi connectivity index (χ4v) is 7.54. The molecule has 316 valence electrons. The van der Waals surface area contributed by atoms with Gasteiger partial charge in [0.25, 0.3) is 5.91 Å². The first-order valence-corrected chi connectivity index (χ1v) is 20.2. The first-order chi connectivity index (χ1) is 28.8. The van der Waals surface area contributed by atoms with E-state index >= 15 is 0 Å². The summed E-state index contributed by atoms with van der Waals surface area (Å²) in [6.07, 6.45) is 2.55. The second-order valence-corrected chi connectivity index (χ2v) is 15.4. The maximum atomic E-state index is 14.3. The molecule has 1 fully saturated rings. The van der Waals surface area contributed by atoms with Gasteiger partial charge < -0.3 is 36.7 Å². The quantitative estimate of drug-likeness (QED) is 0.0544. The first-order valence-electron chi connectivity index (χ1n) is 19.5. The molecule has 3 atom stereocenters. The number of urea groups is 1. The summed E-state index contributed by atoms with van der Waals surface area (Å²) < 4.78 is 30.2. The molecule has 6 rings (SSSR count). The molecule has 17 heteroatoms. The van der Waals surface area contributed by atoms with Crippen molar-refractivity contribution < 1.29 is 33.1 Å². The smallest absolute Gasteiger partial charge is 0.320 e. The Morgan fingerprint density at radius 3 is 2.25 bits per heavy atom. The van der Waals surface area contributed by atoms with Gasteiger partial charge in [-0.3, -0.25) is 24.6 Å². The van der Waals surface area contributed by atoms with Crippen molar-refractivity contribution >= 4 is 63.6 Å². The molecule has 1 aliphatic rings. The third-order valence-corrected chi connectivity index (χ3v) is 10.9. The Morgan fingerprint density at radius 1 is 0.817 bits per heavy atom. The van der Waals surface area contributed by atoms with Gasteiger partial charge in [-0.05, 0) is 92.0 Å². The van der Waals surface area contributed by atoms with Crippen LogP contribution in [0.2, 0.25) is 10.0 Å². The number of rotatable bonds is 18. The maximum absolute atomic E-state index is 14.3. The number of aromatic nitrogens is 1. The molecule has 5 aromatic rings. The van der Waals surface area contributed by atoms with E-state index in [2.05, 4.69) is 37.7 Å². The number of aliphatic carboxylic acids is 1. The first kappa shape index (κ1) is 44.0. The van der Waals surface area contributed by atoms with Crippen molar-refractivity contribution in [2.75, 3.05) is 25.0 Å². The van der Waals surface area contributed by atoms with E-state index in [0.717, 1.165) is 72.2 Å². The van der Waals surface area contributed by atoms with Crippen LogP contribution in [-0.2, 0) is 40.4 Å². The molecule has 4 aromatic carbocycles. The van der Waals surface area contributed by atoms with Crippen LogP contribution < -0.4 is 32.3 Å². The second-order valence-electron chi connectivity index (χ2n) is 14.6. The lowest BCUT2D eigenvalue weighted by Crippen LogP contribution is -2.60. The normalized spacial score (nSPS) is 14.3. The Bertz CT molecular complexity index is 2310. The Hall–Kier alpha value is -5.58. The summed E-state index contributed by atoms with van der Waals surface area (Å²) in [6.45, 7) is 3.12. The summed E-state index contributed by atoms with van der Waals surface area (Å²) in [5.74, 6) is -5.00. The number of hydrogen-bond donors (Lipinski definition) is 7. The predicted molar refractivity (Wildman–Crippen MR) is 226 cm³/mol. The van der Waals surface area contributed by atoms with Gasteiger partial charge in [-0.2, -0.15) is 0 Å². The van der Waals surface area contributed by atoms with Gasteiger partial charge in [-0.1, -0.05) is 71.7 Å². The van der Waals surface area contributed by atoms with Crippen LogP contribution in [0.25, 0.3) is 10.9 Å². The number of carboxylic acids is 1. The Kier molecular flexibility index (Phi) is 15.1. The fraction of sp³-hybridized carbons (Fsp3) is 0.302. The molecule has 0 radical (unpaired) electrons. The second kappa shape index (κ2) is 20.6. The van der Waals surface area contributed by atoms with E-state index in [-0.39, 0.29) is 31.5 Å². The number of hydrogen-bond acceptors (Lipinski definition) is 7. The van der Waals surface area contributed by atoms with Crippen LogP contribution in [-0.4, -0.2) is 76.3 Å². The zero-order valence-electron chi connectivity index (χ0n) is 32.5. The molecule has 1 unspecified atom stereocenters. The minimum atomic E-state index is -1.41. The van der Waals surface area contributed by atoms with Crippen molar-refractivity contribution in [3.63, 3.8) is 0 Å². The summed E-state index contributed by atoms with van der Waals surface area (Å²) in [5, 5.41) is 24.8. The molecule has 8 N–H and O–H groups in total. The van der Waals surface area contributed by atoms with Gasteiger partial charge >= 0.3 is 12.0 Å². The van der Waals surface area contributed by atoms with Crippen LogP contribution in [0.1, 0.15) is 41.5 Å². The van der Waals surface area contributed by atoms with E-state index in [1.54, 1.807) is 54.6 Å². The SMILES string of the molecule is NC(CCN[C@H](NC(=O)[C@H](Cc1ccc(F)c(F)c1)NC(=O)Nc1ccc2c(CN3CCCC3)cn(Cc3c(Cl)cccc3Cl)c2c1)C(=O)NCc1ccccc1)C(=O)O. The number of likely N-dealkylation sites (tertiary alicyclic amines) is 1. The van der Waals surface area contributed by atoms with Crippen molar-refractivity contribution in [2.45, 2.75) is 63.6 Å². The highest BCUT2D eigenvalue weighted by Crippen LogP contribution is 2.31. The van der Waals surface area contributed by atoms with E-state index in [0.29, 0.717) is 22.3 Å². The van der Waals surface area contributed by atoms with Crippen LogP contribution in [0.3, 0.4) is 0 Å². The molecule has 4 amide bonds. The van der Waals surface area contributed by atoms with Crippen LogP contribution in [0, 0.1) is 11.6 Å². The molecular formula is C43H46Cl2F2N8O5. The minimum Gasteiger partial charge on any atom is -0.480 e. The lowest BCUT2D eigenvalue weighted by molar-refractivity contribution is -0.138. The number of anilines is 1.